The van der Waals surface area contributed by atoms with Crippen molar-refractivity contribution in [3.05, 3.63) is 126 Å². The summed E-state index contributed by atoms with van der Waals surface area (Å²) in [7, 11) is 0. The summed E-state index contributed by atoms with van der Waals surface area (Å²) in [6.07, 6.45) is -0.134. The molecule has 5 rings (SSSR count). The molecule has 6 nitrogen and oxygen atoms in total. The van der Waals surface area contributed by atoms with Gasteiger partial charge in [0.15, 0.2) is 6.10 Å². The van der Waals surface area contributed by atoms with Crippen LogP contribution in [0.4, 0.5) is 10.1 Å². The highest BCUT2D eigenvalue weighted by Crippen LogP contribution is 2.31. The summed E-state index contributed by atoms with van der Waals surface area (Å²) in [6, 6.07) is 30.5. The van der Waals surface area contributed by atoms with E-state index in [1.165, 1.54) is 29.2 Å². The van der Waals surface area contributed by atoms with Crippen LogP contribution in [-0.2, 0) is 16.0 Å². The Morgan fingerprint density at radius 3 is 2.10 bits per heavy atom. The molecule has 1 saturated heterocycles. The molecule has 0 spiro atoms. The normalized spacial score (nSPS) is 17.4. The van der Waals surface area contributed by atoms with E-state index >= 15 is 0 Å². The lowest BCUT2D eigenvalue weighted by atomic mass is 9.96. The summed E-state index contributed by atoms with van der Waals surface area (Å²) in [5, 5.41) is 13.7. The number of hydrogen-bond donors (Lipinski definition) is 2. The number of nitrogens with one attached hydrogen (secondary N) is 1. The lowest BCUT2D eigenvalue weighted by molar-refractivity contribution is -0.144. The van der Waals surface area contributed by atoms with Crippen LogP contribution in [0.15, 0.2) is 109 Å². The number of nitrogens with zero attached hydrogens (tertiary/aromatic N) is 1. The Morgan fingerprint density at radius 2 is 1.46 bits per heavy atom. The topological polar surface area (TPSA) is 78.9 Å². The van der Waals surface area contributed by atoms with Gasteiger partial charge in [0.1, 0.15) is 23.4 Å². The zero-order valence-electron chi connectivity index (χ0n) is 21.2. The molecule has 4 aromatic rings. The molecule has 2 amide bonds. The van der Waals surface area contributed by atoms with Gasteiger partial charge in [-0.1, -0.05) is 60.7 Å². The molecule has 0 radical (unpaired) electrons. The number of rotatable bonds is 8. The Labute approximate surface area is 226 Å². The van der Waals surface area contributed by atoms with Crippen molar-refractivity contribution in [3.8, 4) is 11.5 Å². The first-order chi connectivity index (χ1) is 19.0. The number of likely N-dealkylation sites (tertiary alicyclic amines) is 1. The number of aliphatic hydroxyl groups excluding tert-OH is 1. The second kappa shape index (κ2) is 11.9. The van der Waals surface area contributed by atoms with Crippen LogP contribution in [0.5, 0.6) is 11.5 Å². The minimum atomic E-state index is -1.35. The third kappa shape index (κ3) is 6.51. The number of anilines is 1. The largest absolute Gasteiger partial charge is 0.457 e. The van der Waals surface area contributed by atoms with Crippen LogP contribution >= 0.6 is 0 Å². The summed E-state index contributed by atoms with van der Waals surface area (Å²) < 4.78 is 18.9. The highest BCUT2D eigenvalue weighted by molar-refractivity contribution is 5.98. The molecule has 0 unspecified atom stereocenters. The van der Waals surface area contributed by atoms with Gasteiger partial charge in [0.2, 0.25) is 5.91 Å². The fourth-order valence-electron chi connectivity index (χ4n) is 4.92. The van der Waals surface area contributed by atoms with Crippen LogP contribution in [0.1, 0.15) is 23.7 Å². The first kappa shape index (κ1) is 26.1. The molecule has 7 heteroatoms. The summed E-state index contributed by atoms with van der Waals surface area (Å²) >= 11 is 0. The molecule has 1 heterocycles. The Morgan fingerprint density at radius 1 is 0.872 bits per heavy atom. The molecule has 4 aromatic carbocycles. The Balaban J connectivity index is 1.29. The van der Waals surface area contributed by atoms with Crippen molar-refractivity contribution in [2.24, 2.45) is 5.92 Å². The second-order valence-corrected chi connectivity index (χ2v) is 9.68. The standard InChI is InChI=1S/C32H29FN2O4/c33-25-11-15-27(16-12-25)39-28-17-13-26(14-18-28)34-31(37)29-20-23(19-22-7-3-1-4-8-22)21-35(29)32(38)30(36)24-9-5-2-6-10-24/h1-18,23,29-30,36H,19-21H2,(H,34,37)/t23-,29+,30-/m1/s1. The summed E-state index contributed by atoms with van der Waals surface area (Å²) in [4.78, 5) is 28.4. The molecular weight excluding hydrogens is 495 g/mol. The fourth-order valence-corrected chi connectivity index (χ4v) is 4.92. The molecule has 0 bridgehead atoms. The van der Waals surface area contributed by atoms with E-state index < -0.39 is 18.1 Å². The number of halogens is 1. The number of aliphatic hydroxyl groups is 1. The van der Waals surface area contributed by atoms with Gasteiger partial charge < -0.3 is 20.1 Å². The van der Waals surface area contributed by atoms with Gasteiger partial charge in [0.05, 0.1) is 0 Å². The zero-order chi connectivity index (χ0) is 27.2. The molecule has 39 heavy (non-hydrogen) atoms. The van der Waals surface area contributed by atoms with Crippen LogP contribution in [-0.4, -0.2) is 34.4 Å². The summed E-state index contributed by atoms with van der Waals surface area (Å²) in [6.45, 7) is 0.375. The minimum Gasteiger partial charge on any atom is -0.457 e. The van der Waals surface area contributed by atoms with Crippen molar-refractivity contribution in [2.75, 3.05) is 11.9 Å². The van der Waals surface area contributed by atoms with E-state index in [1.54, 1.807) is 48.5 Å². The molecule has 0 aromatic heterocycles. The molecular formula is C32H29FN2O4. The van der Waals surface area contributed by atoms with Crippen molar-refractivity contribution >= 4 is 17.5 Å². The van der Waals surface area contributed by atoms with Gasteiger partial charge in [-0.2, -0.15) is 0 Å². The van der Waals surface area contributed by atoms with E-state index in [9.17, 15) is 19.1 Å². The summed E-state index contributed by atoms with van der Waals surface area (Å²) in [5.41, 5.74) is 2.18. The Bertz CT molecular complexity index is 1400. The van der Waals surface area contributed by atoms with Gasteiger partial charge >= 0.3 is 0 Å². The monoisotopic (exact) mass is 524 g/mol. The van der Waals surface area contributed by atoms with Crippen molar-refractivity contribution in [1.29, 1.82) is 0 Å². The molecule has 0 saturated carbocycles. The molecule has 3 atom stereocenters. The molecule has 0 aliphatic carbocycles. The van der Waals surface area contributed by atoms with E-state index in [4.69, 9.17) is 4.74 Å². The van der Waals surface area contributed by atoms with E-state index in [0.29, 0.717) is 35.7 Å². The van der Waals surface area contributed by atoms with E-state index in [0.717, 1.165) is 12.0 Å². The molecule has 1 fully saturated rings. The zero-order valence-corrected chi connectivity index (χ0v) is 21.2. The summed E-state index contributed by atoms with van der Waals surface area (Å²) in [5.74, 6) is -0.0454. The van der Waals surface area contributed by atoms with Crippen LogP contribution in [0.2, 0.25) is 0 Å². The maximum Gasteiger partial charge on any atom is 0.256 e. The SMILES string of the molecule is O=C(Nc1ccc(Oc2ccc(F)cc2)cc1)[C@@H]1C[C@@H](Cc2ccccc2)CN1C(=O)[C@H](O)c1ccccc1. The van der Waals surface area contributed by atoms with Gasteiger partial charge in [-0.3, -0.25) is 9.59 Å². The average molecular weight is 525 g/mol. The maximum atomic E-state index is 13.4. The van der Waals surface area contributed by atoms with Gasteiger partial charge in [-0.15, -0.1) is 0 Å². The third-order valence-electron chi connectivity index (χ3n) is 6.86. The van der Waals surface area contributed by atoms with E-state index in [1.807, 2.05) is 36.4 Å². The van der Waals surface area contributed by atoms with Crippen LogP contribution < -0.4 is 10.1 Å². The highest BCUT2D eigenvalue weighted by atomic mass is 19.1. The predicted molar refractivity (Wildman–Crippen MR) is 147 cm³/mol. The first-order valence-corrected chi connectivity index (χ1v) is 12.9. The van der Waals surface area contributed by atoms with Gasteiger partial charge in [-0.05, 0) is 78.4 Å². The first-order valence-electron chi connectivity index (χ1n) is 12.9. The second-order valence-electron chi connectivity index (χ2n) is 9.68. The number of carbonyl (C=O) groups is 2. The minimum absolute atomic E-state index is 0.0709. The lowest BCUT2D eigenvalue weighted by Crippen LogP contribution is -2.45. The Kier molecular flexibility index (Phi) is 7.99. The predicted octanol–water partition coefficient (Wildman–Crippen LogP) is 5.75. The van der Waals surface area contributed by atoms with Gasteiger partial charge in [0.25, 0.3) is 5.91 Å². The van der Waals surface area contributed by atoms with Crippen molar-refractivity contribution < 1.29 is 23.8 Å². The fraction of sp³-hybridized carbons (Fsp3) is 0.188. The third-order valence-corrected chi connectivity index (χ3v) is 6.86. The van der Waals surface area contributed by atoms with Crippen molar-refractivity contribution in [2.45, 2.75) is 25.0 Å². The smallest absolute Gasteiger partial charge is 0.256 e. The molecule has 198 valence electrons. The number of benzene rings is 4. The van der Waals surface area contributed by atoms with Gasteiger partial charge in [0, 0.05) is 12.2 Å². The van der Waals surface area contributed by atoms with Crippen molar-refractivity contribution in [3.63, 3.8) is 0 Å². The number of carbonyl (C=O) groups excluding carboxylic acids is 2. The average Bonchev–Trinajstić information content (AvgIpc) is 3.39. The lowest BCUT2D eigenvalue weighted by Gasteiger charge is -2.26. The molecule has 1 aliphatic heterocycles. The number of ether oxygens (including phenoxy) is 1. The van der Waals surface area contributed by atoms with Gasteiger partial charge in [-0.25, -0.2) is 4.39 Å². The quantitative estimate of drug-likeness (QED) is 0.308. The Hall–Kier alpha value is -4.49. The van der Waals surface area contributed by atoms with Crippen LogP contribution in [0.3, 0.4) is 0 Å². The number of hydrogen-bond acceptors (Lipinski definition) is 4. The number of amides is 2. The van der Waals surface area contributed by atoms with E-state index in [2.05, 4.69) is 5.32 Å². The molecule has 1 aliphatic rings. The van der Waals surface area contributed by atoms with Crippen LogP contribution in [0.25, 0.3) is 0 Å². The molecule has 2 N–H and O–H groups in total. The van der Waals surface area contributed by atoms with Crippen molar-refractivity contribution in [1.82, 2.24) is 4.90 Å². The van der Waals surface area contributed by atoms with Crippen LogP contribution in [0, 0.1) is 11.7 Å². The maximum absolute atomic E-state index is 13.4. The highest BCUT2D eigenvalue weighted by Gasteiger charge is 2.41. The van der Waals surface area contributed by atoms with E-state index in [-0.39, 0.29) is 17.6 Å².